The van der Waals surface area contributed by atoms with Crippen molar-refractivity contribution in [2.75, 3.05) is 12.4 Å². The van der Waals surface area contributed by atoms with Crippen LogP contribution >= 0.6 is 0 Å². The van der Waals surface area contributed by atoms with Crippen molar-refractivity contribution < 1.29 is 14.3 Å². The number of nitrogens with one attached hydrogen (secondary N) is 1. The fraction of sp³-hybridized carbons (Fsp3) is 0.350. The summed E-state index contributed by atoms with van der Waals surface area (Å²) in [4.78, 5) is 27.0. The lowest BCUT2D eigenvalue weighted by molar-refractivity contribution is 0.0600. The summed E-state index contributed by atoms with van der Waals surface area (Å²) in [7, 11) is 1.30. The van der Waals surface area contributed by atoms with Crippen LogP contribution in [0.25, 0.3) is 0 Å². The number of carbonyl (C=O) groups excluding carboxylic acids is 2. The first-order valence-corrected chi connectivity index (χ1v) is 8.61. The third kappa shape index (κ3) is 9.25. The van der Waals surface area contributed by atoms with E-state index in [-0.39, 0.29) is 5.91 Å². The molecule has 0 saturated carbocycles. The predicted molar refractivity (Wildman–Crippen MR) is 104 cm³/mol. The maximum atomic E-state index is 11.8. The lowest BCUT2D eigenvalue weighted by atomic mass is 10.2. The van der Waals surface area contributed by atoms with Crippen LogP contribution in [0.5, 0.6) is 0 Å². The SMILES string of the molecule is CC.CC.CC.COC(=O)c1ccc(NC(=O)c2ccccc2)nc1. The average molecular weight is 346 g/mol. The Kier molecular flexibility index (Phi) is 15.9. The van der Waals surface area contributed by atoms with E-state index in [1.54, 1.807) is 36.4 Å². The van der Waals surface area contributed by atoms with Crippen LogP contribution in [0.3, 0.4) is 0 Å². The standard InChI is InChI=1S/C14H12N2O3.3C2H6/c1-19-14(18)11-7-8-12(15-9-11)16-13(17)10-5-3-2-4-6-10;3*1-2/h2-9H,1H3,(H,15,16,17);3*1-2H3. The second-order valence-corrected chi connectivity index (χ2v) is 3.74. The van der Waals surface area contributed by atoms with Crippen molar-refractivity contribution in [2.24, 2.45) is 0 Å². The van der Waals surface area contributed by atoms with Crippen molar-refractivity contribution in [3.8, 4) is 0 Å². The van der Waals surface area contributed by atoms with Crippen LogP contribution in [0, 0.1) is 0 Å². The smallest absolute Gasteiger partial charge is 0.339 e. The second kappa shape index (κ2) is 16.2. The van der Waals surface area contributed by atoms with Crippen LogP contribution in [-0.2, 0) is 4.74 Å². The van der Waals surface area contributed by atoms with E-state index < -0.39 is 5.97 Å². The Labute approximate surface area is 151 Å². The molecular weight excluding hydrogens is 316 g/mol. The van der Waals surface area contributed by atoms with Gasteiger partial charge in [-0.15, -0.1) is 0 Å². The number of rotatable bonds is 3. The monoisotopic (exact) mass is 346 g/mol. The number of hydrogen-bond acceptors (Lipinski definition) is 4. The fourth-order valence-electron chi connectivity index (χ4n) is 1.48. The molecule has 0 unspecified atom stereocenters. The molecule has 0 radical (unpaired) electrons. The maximum Gasteiger partial charge on any atom is 0.339 e. The molecule has 0 atom stereocenters. The van der Waals surface area contributed by atoms with E-state index >= 15 is 0 Å². The topological polar surface area (TPSA) is 68.3 Å². The molecule has 0 saturated heterocycles. The molecule has 1 heterocycles. The first-order valence-electron chi connectivity index (χ1n) is 8.61. The largest absolute Gasteiger partial charge is 0.465 e. The number of aromatic nitrogens is 1. The van der Waals surface area contributed by atoms with Crippen LogP contribution in [0.1, 0.15) is 62.3 Å². The first kappa shape index (κ1) is 24.6. The lowest BCUT2D eigenvalue weighted by Crippen LogP contribution is -2.13. The number of carbonyl (C=O) groups is 2. The minimum absolute atomic E-state index is 0.251. The molecule has 1 aromatic carbocycles. The summed E-state index contributed by atoms with van der Waals surface area (Å²) in [5.41, 5.74) is 0.876. The van der Waals surface area contributed by atoms with Gasteiger partial charge in [0.1, 0.15) is 5.82 Å². The highest BCUT2D eigenvalue weighted by molar-refractivity contribution is 6.03. The van der Waals surface area contributed by atoms with Crippen molar-refractivity contribution in [1.29, 1.82) is 0 Å². The van der Waals surface area contributed by atoms with E-state index in [0.717, 1.165) is 0 Å². The Morgan fingerprint density at radius 3 is 1.84 bits per heavy atom. The average Bonchev–Trinajstić information content (AvgIpc) is 2.73. The zero-order valence-electron chi connectivity index (χ0n) is 16.3. The van der Waals surface area contributed by atoms with Crippen molar-refractivity contribution in [2.45, 2.75) is 41.5 Å². The van der Waals surface area contributed by atoms with Crippen molar-refractivity contribution in [1.82, 2.24) is 4.98 Å². The van der Waals surface area contributed by atoms with E-state index in [2.05, 4.69) is 15.0 Å². The summed E-state index contributed by atoms with van der Waals surface area (Å²) < 4.78 is 4.56. The van der Waals surface area contributed by atoms with Gasteiger partial charge >= 0.3 is 5.97 Å². The minimum atomic E-state index is -0.464. The van der Waals surface area contributed by atoms with Crippen LogP contribution in [0.4, 0.5) is 5.82 Å². The molecule has 2 rings (SSSR count). The Morgan fingerprint density at radius 1 is 0.840 bits per heavy atom. The third-order valence-electron chi connectivity index (χ3n) is 2.46. The number of esters is 1. The molecule has 5 nitrogen and oxygen atoms in total. The summed E-state index contributed by atoms with van der Waals surface area (Å²) in [6.45, 7) is 12.0. The normalized spacial score (nSPS) is 8.12. The number of hydrogen-bond donors (Lipinski definition) is 1. The molecule has 0 aliphatic carbocycles. The highest BCUT2D eigenvalue weighted by Crippen LogP contribution is 2.08. The lowest BCUT2D eigenvalue weighted by Gasteiger charge is -2.05. The van der Waals surface area contributed by atoms with E-state index in [9.17, 15) is 9.59 Å². The Bertz CT molecular complexity index is 582. The quantitative estimate of drug-likeness (QED) is 0.776. The summed E-state index contributed by atoms with van der Waals surface area (Å²) in [6.07, 6.45) is 1.35. The molecule has 138 valence electrons. The number of ether oxygens (including phenoxy) is 1. The molecule has 1 aromatic heterocycles. The van der Waals surface area contributed by atoms with Crippen LogP contribution in [-0.4, -0.2) is 24.0 Å². The number of methoxy groups -OCH3 is 1. The van der Waals surface area contributed by atoms with Gasteiger partial charge in [-0.05, 0) is 24.3 Å². The molecule has 1 N–H and O–H groups in total. The molecule has 0 aliphatic heterocycles. The minimum Gasteiger partial charge on any atom is -0.465 e. The molecule has 25 heavy (non-hydrogen) atoms. The molecule has 5 heteroatoms. The first-order chi connectivity index (χ1) is 12.2. The van der Waals surface area contributed by atoms with E-state index in [0.29, 0.717) is 16.9 Å². The van der Waals surface area contributed by atoms with Gasteiger partial charge in [-0.2, -0.15) is 0 Å². The van der Waals surface area contributed by atoms with Gasteiger partial charge in [-0.1, -0.05) is 59.7 Å². The van der Waals surface area contributed by atoms with Gasteiger partial charge in [-0.3, -0.25) is 4.79 Å². The number of amides is 1. The van der Waals surface area contributed by atoms with Crippen molar-refractivity contribution in [3.63, 3.8) is 0 Å². The molecule has 1 amide bonds. The molecule has 0 bridgehead atoms. The van der Waals surface area contributed by atoms with Crippen LogP contribution in [0.2, 0.25) is 0 Å². The second-order valence-electron chi connectivity index (χ2n) is 3.74. The zero-order valence-corrected chi connectivity index (χ0v) is 16.3. The van der Waals surface area contributed by atoms with Crippen LogP contribution < -0.4 is 5.32 Å². The molecule has 2 aromatic rings. The fourth-order valence-corrected chi connectivity index (χ4v) is 1.48. The molecule has 0 spiro atoms. The third-order valence-corrected chi connectivity index (χ3v) is 2.46. The molecule has 0 fully saturated rings. The van der Waals surface area contributed by atoms with Crippen molar-refractivity contribution in [3.05, 3.63) is 59.8 Å². The van der Waals surface area contributed by atoms with E-state index in [1.165, 1.54) is 13.3 Å². The number of pyridine rings is 1. The maximum absolute atomic E-state index is 11.8. The van der Waals surface area contributed by atoms with Crippen LogP contribution in [0.15, 0.2) is 48.7 Å². The molecular formula is C20H30N2O3. The molecule has 0 aliphatic rings. The zero-order chi connectivity index (χ0) is 19.7. The Balaban J connectivity index is 0. The Morgan fingerprint density at radius 2 is 1.40 bits per heavy atom. The highest BCUT2D eigenvalue weighted by atomic mass is 16.5. The number of nitrogens with zero attached hydrogens (tertiary/aromatic N) is 1. The van der Waals surface area contributed by atoms with Gasteiger partial charge in [0.05, 0.1) is 12.7 Å². The van der Waals surface area contributed by atoms with E-state index in [1.807, 2.05) is 47.6 Å². The van der Waals surface area contributed by atoms with Gasteiger partial charge in [0, 0.05) is 11.8 Å². The van der Waals surface area contributed by atoms with Gasteiger partial charge in [-0.25, -0.2) is 9.78 Å². The summed E-state index contributed by atoms with van der Waals surface area (Å²) in [6, 6.07) is 11.9. The Hall–Kier alpha value is -2.69. The number of benzene rings is 1. The van der Waals surface area contributed by atoms with Gasteiger partial charge in [0.25, 0.3) is 5.91 Å². The summed E-state index contributed by atoms with van der Waals surface area (Å²) in [5, 5.41) is 2.64. The van der Waals surface area contributed by atoms with Gasteiger partial charge < -0.3 is 10.1 Å². The predicted octanol–water partition coefficient (Wildman–Crippen LogP) is 5.20. The van der Waals surface area contributed by atoms with Gasteiger partial charge in [0.2, 0.25) is 0 Å². The summed E-state index contributed by atoms with van der Waals surface area (Å²) in [5.74, 6) is -0.339. The highest BCUT2D eigenvalue weighted by Gasteiger charge is 2.08. The van der Waals surface area contributed by atoms with Gasteiger partial charge in [0.15, 0.2) is 0 Å². The number of anilines is 1. The van der Waals surface area contributed by atoms with E-state index in [4.69, 9.17) is 0 Å². The van der Waals surface area contributed by atoms with Crippen molar-refractivity contribution >= 4 is 17.7 Å². The summed E-state index contributed by atoms with van der Waals surface area (Å²) >= 11 is 0.